The SMILES string of the molecule is CC[C@@H](c1nnc(SCC(=O)Nc2ccccc2C)n1Cc1ccccc1)[NH+](C)C. The summed E-state index contributed by atoms with van der Waals surface area (Å²) in [7, 11) is 4.27. The number of quaternary nitrogens is 1. The molecule has 0 saturated carbocycles. The molecule has 0 aliphatic heterocycles. The van der Waals surface area contributed by atoms with E-state index in [9.17, 15) is 4.79 Å². The first-order valence-corrected chi connectivity index (χ1v) is 11.2. The van der Waals surface area contributed by atoms with Crippen LogP contribution >= 0.6 is 11.8 Å². The zero-order valence-electron chi connectivity index (χ0n) is 18.1. The summed E-state index contributed by atoms with van der Waals surface area (Å²) in [6.45, 7) is 4.84. The fourth-order valence-electron chi connectivity index (χ4n) is 3.46. The molecule has 2 aromatic carbocycles. The molecule has 1 atom stereocenters. The van der Waals surface area contributed by atoms with E-state index in [0.717, 1.165) is 28.7 Å². The molecule has 30 heavy (non-hydrogen) atoms. The summed E-state index contributed by atoms with van der Waals surface area (Å²) in [5.74, 6) is 1.20. The summed E-state index contributed by atoms with van der Waals surface area (Å²) < 4.78 is 2.15. The van der Waals surface area contributed by atoms with Crippen molar-refractivity contribution < 1.29 is 9.69 Å². The van der Waals surface area contributed by atoms with E-state index < -0.39 is 0 Å². The molecule has 0 unspecified atom stereocenters. The minimum atomic E-state index is -0.0459. The van der Waals surface area contributed by atoms with Crippen LogP contribution in [0.1, 0.15) is 36.3 Å². The minimum absolute atomic E-state index is 0.0459. The van der Waals surface area contributed by atoms with Gasteiger partial charge in [-0.25, -0.2) is 0 Å². The van der Waals surface area contributed by atoms with Crippen molar-refractivity contribution in [1.29, 1.82) is 0 Å². The lowest BCUT2D eigenvalue weighted by Crippen LogP contribution is -3.06. The topological polar surface area (TPSA) is 64.2 Å². The van der Waals surface area contributed by atoms with E-state index in [-0.39, 0.29) is 17.7 Å². The lowest BCUT2D eigenvalue weighted by atomic mass is 10.2. The number of amides is 1. The minimum Gasteiger partial charge on any atom is -0.331 e. The molecule has 0 fully saturated rings. The molecule has 0 spiro atoms. The van der Waals surface area contributed by atoms with Gasteiger partial charge in [-0.15, -0.1) is 10.2 Å². The molecule has 2 N–H and O–H groups in total. The highest BCUT2D eigenvalue weighted by Gasteiger charge is 2.25. The average molecular weight is 425 g/mol. The van der Waals surface area contributed by atoms with E-state index in [1.54, 1.807) is 0 Å². The van der Waals surface area contributed by atoms with E-state index in [1.807, 2.05) is 49.4 Å². The molecule has 3 aromatic rings. The van der Waals surface area contributed by atoms with Crippen molar-refractivity contribution in [2.75, 3.05) is 25.2 Å². The molecular formula is C23H30N5OS+. The van der Waals surface area contributed by atoms with Crippen LogP contribution in [0.4, 0.5) is 5.69 Å². The number of para-hydroxylation sites is 1. The molecule has 158 valence electrons. The van der Waals surface area contributed by atoms with Gasteiger partial charge in [0.15, 0.2) is 11.0 Å². The fourth-order valence-corrected chi connectivity index (χ4v) is 4.20. The van der Waals surface area contributed by atoms with Gasteiger partial charge in [-0.3, -0.25) is 9.36 Å². The Hall–Kier alpha value is -2.64. The van der Waals surface area contributed by atoms with Crippen LogP contribution in [-0.4, -0.2) is 40.5 Å². The van der Waals surface area contributed by atoms with Crippen molar-refractivity contribution in [3.05, 3.63) is 71.5 Å². The van der Waals surface area contributed by atoms with Crippen LogP contribution in [0, 0.1) is 6.92 Å². The first kappa shape index (κ1) is 22.1. The molecule has 6 nitrogen and oxygen atoms in total. The number of benzene rings is 2. The largest absolute Gasteiger partial charge is 0.331 e. The third-order valence-electron chi connectivity index (χ3n) is 5.10. The predicted molar refractivity (Wildman–Crippen MR) is 122 cm³/mol. The van der Waals surface area contributed by atoms with E-state index in [0.29, 0.717) is 6.54 Å². The third kappa shape index (κ3) is 5.49. The van der Waals surface area contributed by atoms with Crippen molar-refractivity contribution in [2.24, 2.45) is 0 Å². The van der Waals surface area contributed by atoms with E-state index in [2.05, 4.69) is 53.2 Å². The Bertz CT molecular complexity index is 971. The van der Waals surface area contributed by atoms with Crippen LogP contribution in [-0.2, 0) is 11.3 Å². The van der Waals surface area contributed by atoms with Gasteiger partial charge < -0.3 is 10.2 Å². The standard InChI is InChI=1S/C23H29N5OS/c1-5-20(27(3)4)22-25-26-23(28(22)15-18-12-7-6-8-13-18)30-16-21(29)24-19-14-10-9-11-17(19)2/h6-14,20H,5,15-16H2,1-4H3,(H,24,29)/p+1/t20-/m0/s1. The number of hydrogen-bond donors (Lipinski definition) is 2. The Kier molecular flexibility index (Phi) is 7.65. The fraction of sp³-hybridized carbons (Fsp3) is 0.348. The van der Waals surface area contributed by atoms with Crippen molar-refractivity contribution >= 4 is 23.4 Å². The molecule has 1 amide bonds. The van der Waals surface area contributed by atoms with E-state index in [1.165, 1.54) is 22.2 Å². The molecule has 0 aliphatic rings. The van der Waals surface area contributed by atoms with E-state index in [4.69, 9.17) is 0 Å². The zero-order chi connectivity index (χ0) is 21.5. The highest BCUT2D eigenvalue weighted by Crippen LogP contribution is 2.23. The van der Waals surface area contributed by atoms with Crippen LogP contribution in [0.25, 0.3) is 0 Å². The quantitative estimate of drug-likeness (QED) is 0.519. The third-order valence-corrected chi connectivity index (χ3v) is 6.06. The van der Waals surface area contributed by atoms with Crippen LogP contribution < -0.4 is 10.2 Å². The summed E-state index contributed by atoms with van der Waals surface area (Å²) in [4.78, 5) is 13.8. The van der Waals surface area contributed by atoms with Gasteiger partial charge in [-0.1, -0.05) is 67.2 Å². The number of rotatable bonds is 9. The van der Waals surface area contributed by atoms with Gasteiger partial charge in [0.05, 0.1) is 26.4 Å². The molecule has 3 rings (SSSR count). The summed E-state index contributed by atoms with van der Waals surface area (Å²) in [5, 5.41) is 12.7. The maximum Gasteiger partial charge on any atom is 0.234 e. The number of carbonyl (C=O) groups is 1. The second kappa shape index (κ2) is 10.4. The average Bonchev–Trinajstić information content (AvgIpc) is 3.11. The number of anilines is 1. The number of aryl methyl sites for hydroxylation is 1. The second-order valence-corrected chi connectivity index (χ2v) is 8.54. The number of nitrogens with zero attached hydrogens (tertiary/aromatic N) is 3. The number of thioether (sulfide) groups is 1. The van der Waals surface area contributed by atoms with Gasteiger partial charge in [0.1, 0.15) is 6.04 Å². The molecule has 1 aromatic heterocycles. The van der Waals surface area contributed by atoms with Gasteiger partial charge in [-0.2, -0.15) is 0 Å². The Morgan fingerprint density at radius 3 is 2.47 bits per heavy atom. The monoisotopic (exact) mass is 424 g/mol. The van der Waals surface area contributed by atoms with E-state index >= 15 is 0 Å². The van der Waals surface area contributed by atoms with Crippen LogP contribution in [0.3, 0.4) is 0 Å². The van der Waals surface area contributed by atoms with Gasteiger partial charge in [0.2, 0.25) is 5.91 Å². The molecule has 0 bridgehead atoms. The first-order valence-electron chi connectivity index (χ1n) is 10.2. The number of carbonyl (C=O) groups excluding carboxylic acids is 1. The van der Waals surface area contributed by atoms with Crippen molar-refractivity contribution in [3.8, 4) is 0 Å². The number of aromatic nitrogens is 3. The lowest BCUT2D eigenvalue weighted by Gasteiger charge is -2.20. The Balaban J connectivity index is 1.78. The van der Waals surface area contributed by atoms with Crippen molar-refractivity contribution in [2.45, 2.75) is 38.0 Å². The molecule has 7 heteroatoms. The summed E-state index contributed by atoms with van der Waals surface area (Å²) in [6, 6.07) is 18.3. The van der Waals surface area contributed by atoms with Crippen LogP contribution in [0.2, 0.25) is 0 Å². The predicted octanol–water partition coefficient (Wildman–Crippen LogP) is 2.96. The Labute approximate surface area is 182 Å². The van der Waals surface area contributed by atoms with Crippen molar-refractivity contribution in [1.82, 2.24) is 14.8 Å². The first-order chi connectivity index (χ1) is 14.5. The summed E-state index contributed by atoms with van der Waals surface area (Å²) >= 11 is 1.43. The smallest absolute Gasteiger partial charge is 0.234 e. The van der Waals surface area contributed by atoms with Gasteiger partial charge >= 0.3 is 0 Å². The van der Waals surface area contributed by atoms with Gasteiger partial charge in [-0.05, 0) is 24.1 Å². The normalized spacial score (nSPS) is 12.2. The molecule has 1 heterocycles. The molecule has 0 radical (unpaired) electrons. The lowest BCUT2D eigenvalue weighted by molar-refractivity contribution is -0.893. The highest BCUT2D eigenvalue weighted by molar-refractivity contribution is 7.99. The Morgan fingerprint density at radius 1 is 1.10 bits per heavy atom. The molecule has 0 aliphatic carbocycles. The number of nitrogens with one attached hydrogen (secondary N) is 2. The second-order valence-electron chi connectivity index (χ2n) is 7.60. The highest BCUT2D eigenvalue weighted by atomic mass is 32.2. The Morgan fingerprint density at radius 2 is 1.80 bits per heavy atom. The maximum atomic E-state index is 12.5. The molecular weight excluding hydrogens is 394 g/mol. The summed E-state index contributed by atoms with van der Waals surface area (Å²) in [5.41, 5.74) is 3.08. The van der Waals surface area contributed by atoms with Crippen LogP contribution in [0.15, 0.2) is 59.8 Å². The maximum absolute atomic E-state index is 12.5. The zero-order valence-corrected chi connectivity index (χ0v) is 18.9. The summed E-state index contributed by atoms with van der Waals surface area (Å²) in [6.07, 6.45) is 0.966. The molecule has 0 saturated heterocycles. The number of hydrogen-bond acceptors (Lipinski definition) is 4. The van der Waals surface area contributed by atoms with Crippen molar-refractivity contribution in [3.63, 3.8) is 0 Å². The van der Waals surface area contributed by atoms with Gasteiger partial charge in [0, 0.05) is 12.1 Å². The van der Waals surface area contributed by atoms with Crippen LogP contribution in [0.5, 0.6) is 0 Å². The van der Waals surface area contributed by atoms with Gasteiger partial charge in [0.25, 0.3) is 0 Å².